The van der Waals surface area contributed by atoms with E-state index in [0.717, 1.165) is 67.8 Å². The Hall–Kier alpha value is -7.37. The molecule has 0 spiro atoms. The van der Waals surface area contributed by atoms with Gasteiger partial charge in [0.05, 0.1) is 11.8 Å². The Bertz CT molecular complexity index is 3210. The molecule has 3 atom stereocenters. The monoisotopic (exact) mass is 745 g/mol. The van der Waals surface area contributed by atoms with Crippen LogP contribution in [-0.4, -0.2) is 21.1 Å². The minimum absolute atomic E-state index is 0.0618. The highest BCUT2D eigenvalue weighted by molar-refractivity contribution is 6.03. The van der Waals surface area contributed by atoms with Crippen molar-refractivity contribution in [3.8, 4) is 39.7 Å². The molecule has 0 fully saturated rings. The number of furan rings is 1. The zero-order valence-electron chi connectivity index (χ0n) is 31.4. The van der Waals surface area contributed by atoms with E-state index in [9.17, 15) is 0 Å². The number of para-hydroxylation sites is 1. The largest absolute Gasteiger partial charge is 0.485 e. The minimum Gasteiger partial charge on any atom is -0.485 e. The molecule has 0 amide bonds. The summed E-state index contributed by atoms with van der Waals surface area (Å²) >= 11 is 0. The van der Waals surface area contributed by atoms with Crippen molar-refractivity contribution < 1.29 is 9.15 Å². The van der Waals surface area contributed by atoms with Crippen LogP contribution in [0.1, 0.15) is 46.5 Å². The normalized spacial score (nSPS) is 17.9. The summed E-state index contributed by atoms with van der Waals surface area (Å²) in [6.45, 7) is 0. The smallest absolute Gasteiger partial charge is 0.164 e. The molecule has 0 saturated carbocycles. The molecule has 2 aliphatic carbocycles. The van der Waals surface area contributed by atoms with Crippen LogP contribution in [0.15, 0.2) is 180 Å². The fourth-order valence-corrected chi connectivity index (χ4v) is 9.32. The molecule has 7 aromatic carbocycles. The number of hydrogen-bond donors (Lipinski definition) is 0. The van der Waals surface area contributed by atoms with E-state index in [1.54, 1.807) is 0 Å². The molecule has 0 bridgehead atoms. The summed E-state index contributed by atoms with van der Waals surface area (Å²) in [6.07, 6.45) is 11.5. The van der Waals surface area contributed by atoms with Gasteiger partial charge in [-0.05, 0) is 86.6 Å². The molecule has 3 aliphatic rings. The zero-order chi connectivity index (χ0) is 38.2. The van der Waals surface area contributed by atoms with Crippen LogP contribution in [0.25, 0.3) is 78.1 Å². The fourth-order valence-electron chi connectivity index (χ4n) is 9.32. The number of nitrogens with zero attached hydrogens (tertiary/aromatic N) is 3. The van der Waals surface area contributed by atoms with Crippen molar-refractivity contribution in [1.29, 1.82) is 0 Å². The molecule has 58 heavy (non-hydrogen) atoms. The highest BCUT2D eigenvalue weighted by Crippen LogP contribution is 2.51. The Labute approximate surface area is 335 Å². The van der Waals surface area contributed by atoms with Gasteiger partial charge in [-0.25, -0.2) is 15.0 Å². The first kappa shape index (κ1) is 32.8. The van der Waals surface area contributed by atoms with Gasteiger partial charge in [0, 0.05) is 27.6 Å². The second kappa shape index (κ2) is 13.1. The number of benzene rings is 7. The Balaban J connectivity index is 0.965. The van der Waals surface area contributed by atoms with Crippen molar-refractivity contribution in [1.82, 2.24) is 15.0 Å². The molecular weight excluding hydrogens is 711 g/mol. The summed E-state index contributed by atoms with van der Waals surface area (Å²) in [5, 5.41) is 5.81. The summed E-state index contributed by atoms with van der Waals surface area (Å²) < 4.78 is 13.0. The van der Waals surface area contributed by atoms with Crippen LogP contribution in [0.2, 0.25) is 0 Å². The maximum absolute atomic E-state index is 6.72. The lowest BCUT2D eigenvalue weighted by Crippen LogP contribution is -2.19. The summed E-state index contributed by atoms with van der Waals surface area (Å²) in [4.78, 5) is 15.7. The van der Waals surface area contributed by atoms with Gasteiger partial charge < -0.3 is 9.15 Å². The molecule has 274 valence electrons. The van der Waals surface area contributed by atoms with E-state index in [0.29, 0.717) is 11.6 Å². The molecule has 3 unspecified atom stereocenters. The standard InChI is InChI=1S/C53H35N3O2/c1-2-13-33(14-3-1)51-54-52(56-53(55-51)44-20-11-23-47-50(44)42-18-8-9-21-45(42)57-47)41-29-28-39(37-16-6-7-17-38(37)41)40-19-10-22-46-49(40)43-27-26-36(31-48(43)58-46)35-25-24-32-12-4-5-15-34(32)30-35/h1-19,21-31,44,46,49H,20H2. The third-order valence-corrected chi connectivity index (χ3v) is 12.1. The van der Waals surface area contributed by atoms with Gasteiger partial charge in [0.2, 0.25) is 0 Å². The minimum atomic E-state index is -0.0896. The van der Waals surface area contributed by atoms with Crippen molar-refractivity contribution >= 4 is 44.2 Å². The van der Waals surface area contributed by atoms with Crippen molar-refractivity contribution in [2.45, 2.75) is 24.4 Å². The number of ether oxygens (including phenoxy) is 1. The molecule has 2 aromatic heterocycles. The van der Waals surface area contributed by atoms with Gasteiger partial charge in [0.1, 0.15) is 29.0 Å². The summed E-state index contributed by atoms with van der Waals surface area (Å²) in [5.74, 6) is 3.83. The number of rotatable bonds is 5. The Kier molecular flexibility index (Phi) is 7.42. The van der Waals surface area contributed by atoms with E-state index in [-0.39, 0.29) is 17.9 Å². The molecular formula is C53H35N3O2. The topological polar surface area (TPSA) is 61.0 Å². The maximum atomic E-state index is 6.72. The average molecular weight is 746 g/mol. The predicted octanol–water partition coefficient (Wildman–Crippen LogP) is 13.0. The summed E-state index contributed by atoms with van der Waals surface area (Å²) in [6, 6.07) is 53.4. The van der Waals surface area contributed by atoms with Gasteiger partial charge in [0.15, 0.2) is 11.6 Å². The summed E-state index contributed by atoms with van der Waals surface area (Å²) in [7, 11) is 0. The van der Waals surface area contributed by atoms with E-state index >= 15 is 0 Å². The molecule has 5 heteroatoms. The van der Waals surface area contributed by atoms with E-state index in [1.165, 1.54) is 33.0 Å². The second-order valence-electron chi connectivity index (χ2n) is 15.4. The fraction of sp³-hybridized carbons (Fsp3) is 0.0755. The molecule has 9 aromatic rings. The van der Waals surface area contributed by atoms with E-state index in [2.05, 4.69) is 152 Å². The van der Waals surface area contributed by atoms with E-state index in [4.69, 9.17) is 24.1 Å². The van der Waals surface area contributed by atoms with Crippen LogP contribution < -0.4 is 4.74 Å². The first-order valence-corrected chi connectivity index (χ1v) is 19.9. The number of hydrogen-bond acceptors (Lipinski definition) is 5. The first-order valence-electron chi connectivity index (χ1n) is 19.9. The lowest BCUT2D eigenvalue weighted by molar-refractivity contribution is 0.272. The highest BCUT2D eigenvalue weighted by Gasteiger charge is 2.38. The molecule has 0 radical (unpaired) electrons. The maximum Gasteiger partial charge on any atom is 0.164 e. The molecule has 0 saturated heterocycles. The second-order valence-corrected chi connectivity index (χ2v) is 15.4. The number of fused-ring (bicyclic) bond motifs is 8. The van der Waals surface area contributed by atoms with Crippen molar-refractivity contribution in [2.24, 2.45) is 0 Å². The van der Waals surface area contributed by atoms with Gasteiger partial charge in [-0.15, -0.1) is 0 Å². The van der Waals surface area contributed by atoms with Crippen molar-refractivity contribution in [3.63, 3.8) is 0 Å². The van der Waals surface area contributed by atoms with Crippen LogP contribution in [0.3, 0.4) is 0 Å². The van der Waals surface area contributed by atoms with E-state index < -0.39 is 0 Å². The van der Waals surface area contributed by atoms with Crippen LogP contribution in [-0.2, 0) is 0 Å². The zero-order valence-corrected chi connectivity index (χ0v) is 31.4. The third kappa shape index (κ3) is 5.27. The Morgan fingerprint density at radius 2 is 1.29 bits per heavy atom. The molecule has 5 nitrogen and oxygen atoms in total. The first-order chi connectivity index (χ1) is 28.7. The van der Waals surface area contributed by atoms with Gasteiger partial charge in [-0.1, -0.05) is 146 Å². The lowest BCUT2D eigenvalue weighted by Gasteiger charge is -2.24. The van der Waals surface area contributed by atoms with Gasteiger partial charge in [-0.2, -0.15) is 0 Å². The van der Waals surface area contributed by atoms with Crippen LogP contribution in [0.5, 0.6) is 5.75 Å². The highest BCUT2D eigenvalue weighted by atomic mass is 16.5. The average Bonchev–Trinajstić information content (AvgIpc) is 3.87. The van der Waals surface area contributed by atoms with E-state index in [1.807, 2.05) is 30.3 Å². The molecule has 12 rings (SSSR count). The Morgan fingerprint density at radius 1 is 0.569 bits per heavy atom. The van der Waals surface area contributed by atoms with Crippen LogP contribution >= 0.6 is 0 Å². The number of allylic oxidation sites excluding steroid dienone is 3. The lowest BCUT2D eigenvalue weighted by atomic mass is 9.79. The third-order valence-electron chi connectivity index (χ3n) is 12.1. The predicted molar refractivity (Wildman–Crippen MR) is 234 cm³/mol. The Morgan fingerprint density at radius 3 is 2.19 bits per heavy atom. The quantitative estimate of drug-likeness (QED) is 0.176. The molecule has 3 heterocycles. The van der Waals surface area contributed by atoms with Gasteiger partial charge in [0.25, 0.3) is 0 Å². The number of aromatic nitrogens is 3. The van der Waals surface area contributed by atoms with Crippen LogP contribution in [0.4, 0.5) is 0 Å². The summed E-state index contributed by atoms with van der Waals surface area (Å²) in [5.41, 5.74) is 9.88. The van der Waals surface area contributed by atoms with Crippen LogP contribution in [0, 0.1) is 0 Å². The molecule has 1 aliphatic heterocycles. The molecule has 0 N–H and O–H groups in total. The van der Waals surface area contributed by atoms with Crippen molar-refractivity contribution in [2.75, 3.05) is 0 Å². The van der Waals surface area contributed by atoms with Gasteiger partial charge in [-0.3, -0.25) is 0 Å². The van der Waals surface area contributed by atoms with Gasteiger partial charge >= 0.3 is 0 Å². The van der Waals surface area contributed by atoms with Crippen molar-refractivity contribution in [3.05, 3.63) is 204 Å². The SMILES string of the molecule is C1=CC2Oc3cc(-c4ccc5ccccc5c4)ccc3C2C(c2ccc(-c3nc(-c4ccccc4)nc(C4CC=Cc5oc6ccccc6c54)n3)c3ccccc23)=C1.